The van der Waals surface area contributed by atoms with Crippen LogP contribution < -0.4 is 14.9 Å². The topological polar surface area (TPSA) is 97.3 Å². The second-order valence-corrected chi connectivity index (χ2v) is 5.05. The van der Waals surface area contributed by atoms with Crippen LogP contribution in [-0.4, -0.2) is 40.6 Å². The summed E-state index contributed by atoms with van der Waals surface area (Å²) in [5.74, 6) is 2.31. The van der Waals surface area contributed by atoms with E-state index in [4.69, 9.17) is 9.47 Å². The van der Waals surface area contributed by atoms with Gasteiger partial charge in [0.2, 0.25) is 0 Å². The first-order chi connectivity index (χ1) is 10.7. The Morgan fingerprint density at radius 2 is 2.23 bits per heavy atom. The number of aromatic nitrogens is 4. The molecule has 22 heavy (non-hydrogen) atoms. The summed E-state index contributed by atoms with van der Waals surface area (Å²) in [6.07, 6.45) is 2.64. The standard InChI is InChI=1S/C14H20N6O2/c1-10(2)6-7-22-12-5-4-11(8-13(12)21-3)9-15-16-14-17-19-20-18-14/h4-5,8-10H,6-7H2,1-3H3,(H2,16,17,18,19,20)/b15-9+. The number of ether oxygens (including phenoxy) is 2. The van der Waals surface area contributed by atoms with Gasteiger partial charge in [0.05, 0.1) is 19.9 Å². The largest absolute Gasteiger partial charge is 0.493 e. The Labute approximate surface area is 128 Å². The maximum Gasteiger partial charge on any atom is 0.283 e. The molecule has 0 aliphatic rings. The number of hydrazone groups is 1. The third-order valence-electron chi connectivity index (χ3n) is 2.86. The second-order valence-electron chi connectivity index (χ2n) is 5.05. The van der Waals surface area contributed by atoms with Gasteiger partial charge in [-0.15, -0.1) is 5.10 Å². The quantitative estimate of drug-likeness (QED) is 0.572. The number of H-pyrrole nitrogens is 1. The van der Waals surface area contributed by atoms with Gasteiger partial charge in [-0.2, -0.15) is 10.3 Å². The molecular weight excluding hydrogens is 284 g/mol. The first-order valence-electron chi connectivity index (χ1n) is 7.02. The minimum atomic E-state index is 0.303. The van der Waals surface area contributed by atoms with Crippen LogP contribution in [0.4, 0.5) is 5.95 Å². The highest BCUT2D eigenvalue weighted by Gasteiger charge is 2.05. The zero-order valence-corrected chi connectivity index (χ0v) is 12.9. The van der Waals surface area contributed by atoms with E-state index in [1.807, 2.05) is 18.2 Å². The number of aromatic amines is 1. The van der Waals surface area contributed by atoms with E-state index in [1.54, 1.807) is 13.3 Å². The molecule has 0 radical (unpaired) electrons. The molecule has 0 atom stereocenters. The van der Waals surface area contributed by atoms with Gasteiger partial charge in [0.15, 0.2) is 11.5 Å². The van der Waals surface area contributed by atoms with Crippen molar-refractivity contribution in [3.8, 4) is 11.5 Å². The van der Waals surface area contributed by atoms with Crippen LogP contribution in [0.5, 0.6) is 11.5 Å². The van der Waals surface area contributed by atoms with Crippen LogP contribution >= 0.6 is 0 Å². The summed E-state index contributed by atoms with van der Waals surface area (Å²) in [5.41, 5.74) is 3.52. The van der Waals surface area contributed by atoms with Crippen molar-refractivity contribution >= 4 is 12.2 Å². The Bertz CT molecular complexity index is 597. The molecule has 118 valence electrons. The van der Waals surface area contributed by atoms with E-state index in [2.05, 4.69) is 45.0 Å². The molecule has 0 bridgehead atoms. The van der Waals surface area contributed by atoms with Crippen molar-refractivity contribution in [1.82, 2.24) is 20.6 Å². The summed E-state index contributed by atoms with van der Waals surface area (Å²) < 4.78 is 11.1. The lowest BCUT2D eigenvalue weighted by molar-refractivity contribution is 0.273. The lowest BCUT2D eigenvalue weighted by atomic mass is 10.1. The second kappa shape index (κ2) is 7.96. The van der Waals surface area contributed by atoms with E-state index in [-0.39, 0.29) is 0 Å². The van der Waals surface area contributed by atoms with E-state index in [0.717, 1.165) is 17.7 Å². The lowest BCUT2D eigenvalue weighted by Gasteiger charge is -2.12. The normalized spacial score (nSPS) is 11.1. The van der Waals surface area contributed by atoms with Crippen LogP contribution in [0, 0.1) is 5.92 Å². The molecule has 2 rings (SSSR count). The molecular formula is C14H20N6O2. The molecule has 8 heteroatoms. The molecule has 0 spiro atoms. The first-order valence-corrected chi connectivity index (χ1v) is 7.02. The summed E-state index contributed by atoms with van der Waals surface area (Å²) in [7, 11) is 1.61. The Morgan fingerprint density at radius 3 is 2.91 bits per heavy atom. The zero-order chi connectivity index (χ0) is 15.8. The average molecular weight is 304 g/mol. The smallest absolute Gasteiger partial charge is 0.283 e. The third-order valence-corrected chi connectivity index (χ3v) is 2.86. The SMILES string of the molecule is COc1cc(/C=N/Nc2nn[nH]n2)ccc1OCCC(C)C. The number of nitrogens with one attached hydrogen (secondary N) is 2. The van der Waals surface area contributed by atoms with Gasteiger partial charge in [-0.05, 0) is 41.3 Å². The van der Waals surface area contributed by atoms with Crippen LogP contribution in [0.25, 0.3) is 0 Å². The molecule has 2 aromatic rings. The first kappa shape index (κ1) is 15.7. The Hall–Kier alpha value is -2.64. The fraction of sp³-hybridized carbons (Fsp3) is 0.429. The van der Waals surface area contributed by atoms with Crippen molar-refractivity contribution in [2.24, 2.45) is 11.0 Å². The molecule has 1 heterocycles. The summed E-state index contributed by atoms with van der Waals surface area (Å²) in [6, 6.07) is 5.62. The molecule has 0 aliphatic carbocycles. The van der Waals surface area contributed by atoms with Gasteiger partial charge in [0, 0.05) is 0 Å². The van der Waals surface area contributed by atoms with Crippen LogP contribution in [0.2, 0.25) is 0 Å². The van der Waals surface area contributed by atoms with Crippen molar-refractivity contribution in [2.75, 3.05) is 19.1 Å². The Morgan fingerprint density at radius 1 is 1.36 bits per heavy atom. The molecule has 0 saturated heterocycles. The number of tetrazole rings is 1. The molecule has 0 unspecified atom stereocenters. The molecule has 1 aromatic carbocycles. The fourth-order valence-corrected chi connectivity index (χ4v) is 1.66. The minimum Gasteiger partial charge on any atom is -0.493 e. The van der Waals surface area contributed by atoms with Crippen LogP contribution in [-0.2, 0) is 0 Å². The maximum atomic E-state index is 5.74. The number of anilines is 1. The predicted molar refractivity (Wildman–Crippen MR) is 83.3 cm³/mol. The van der Waals surface area contributed by atoms with Gasteiger partial charge in [-0.3, -0.25) is 0 Å². The van der Waals surface area contributed by atoms with E-state index in [9.17, 15) is 0 Å². The highest BCUT2D eigenvalue weighted by atomic mass is 16.5. The highest BCUT2D eigenvalue weighted by molar-refractivity contribution is 5.81. The molecule has 2 N–H and O–H groups in total. The Kier molecular flexibility index (Phi) is 5.70. The number of methoxy groups -OCH3 is 1. The molecule has 0 fully saturated rings. The van der Waals surface area contributed by atoms with Crippen LogP contribution in [0.15, 0.2) is 23.3 Å². The molecule has 8 nitrogen and oxygen atoms in total. The number of benzene rings is 1. The van der Waals surface area contributed by atoms with Crippen LogP contribution in [0.1, 0.15) is 25.8 Å². The number of hydrogen-bond donors (Lipinski definition) is 2. The summed E-state index contributed by atoms with van der Waals surface area (Å²) in [5, 5.41) is 17.2. The maximum absolute atomic E-state index is 5.74. The number of nitrogens with zero attached hydrogens (tertiary/aromatic N) is 4. The van der Waals surface area contributed by atoms with E-state index in [0.29, 0.717) is 24.2 Å². The molecule has 0 saturated carbocycles. The van der Waals surface area contributed by atoms with Crippen molar-refractivity contribution in [3.63, 3.8) is 0 Å². The van der Waals surface area contributed by atoms with E-state index >= 15 is 0 Å². The average Bonchev–Trinajstić information content (AvgIpc) is 3.01. The molecule has 1 aromatic heterocycles. The fourth-order valence-electron chi connectivity index (χ4n) is 1.66. The van der Waals surface area contributed by atoms with Crippen molar-refractivity contribution in [3.05, 3.63) is 23.8 Å². The van der Waals surface area contributed by atoms with Gasteiger partial charge in [0.1, 0.15) is 0 Å². The van der Waals surface area contributed by atoms with Gasteiger partial charge in [0.25, 0.3) is 5.95 Å². The molecule has 0 aliphatic heterocycles. The molecule has 0 amide bonds. The monoisotopic (exact) mass is 304 g/mol. The van der Waals surface area contributed by atoms with E-state index in [1.165, 1.54) is 0 Å². The predicted octanol–water partition coefficient (Wildman–Crippen LogP) is 2.08. The van der Waals surface area contributed by atoms with Crippen molar-refractivity contribution in [1.29, 1.82) is 0 Å². The van der Waals surface area contributed by atoms with Crippen LogP contribution in [0.3, 0.4) is 0 Å². The summed E-state index contributed by atoms with van der Waals surface area (Å²) in [4.78, 5) is 0. The Balaban J connectivity index is 1.97. The van der Waals surface area contributed by atoms with Gasteiger partial charge in [-0.25, -0.2) is 5.43 Å². The summed E-state index contributed by atoms with van der Waals surface area (Å²) >= 11 is 0. The summed E-state index contributed by atoms with van der Waals surface area (Å²) in [6.45, 7) is 4.99. The van der Waals surface area contributed by atoms with Gasteiger partial charge in [-0.1, -0.05) is 18.9 Å². The zero-order valence-electron chi connectivity index (χ0n) is 12.9. The highest BCUT2D eigenvalue weighted by Crippen LogP contribution is 2.27. The van der Waals surface area contributed by atoms with Crippen molar-refractivity contribution < 1.29 is 9.47 Å². The van der Waals surface area contributed by atoms with E-state index < -0.39 is 0 Å². The van der Waals surface area contributed by atoms with Gasteiger partial charge < -0.3 is 9.47 Å². The third kappa shape index (κ3) is 4.72. The minimum absolute atomic E-state index is 0.303. The number of hydrogen-bond acceptors (Lipinski definition) is 7. The number of rotatable bonds is 8. The van der Waals surface area contributed by atoms with Crippen molar-refractivity contribution in [2.45, 2.75) is 20.3 Å². The van der Waals surface area contributed by atoms with Gasteiger partial charge >= 0.3 is 0 Å². The lowest BCUT2D eigenvalue weighted by Crippen LogP contribution is -2.03.